The lowest BCUT2D eigenvalue weighted by Gasteiger charge is -2.32. The topological polar surface area (TPSA) is 101 Å². The Labute approximate surface area is 187 Å². The van der Waals surface area contributed by atoms with E-state index in [0.29, 0.717) is 17.5 Å². The molecule has 2 aliphatic heterocycles. The summed E-state index contributed by atoms with van der Waals surface area (Å²) in [6.45, 7) is 5.01. The number of carbonyl (C=O) groups is 2. The Kier molecular flexibility index (Phi) is 5.99. The molecule has 2 amide bonds. The molecule has 3 aliphatic rings. The van der Waals surface area contributed by atoms with Gasteiger partial charge in [0.2, 0.25) is 5.91 Å². The second kappa shape index (κ2) is 9.05. The molecular weight excluding hydrogens is 408 g/mol. The van der Waals surface area contributed by atoms with Crippen LogP contribution in [0.3, 0.4) is 0 Å². The van der Waals surface area contributed by atoms with E-state index < -0.39 is 0 Å². The van der Waals surface area contributed by atoms with Gasteiger partial charge in [0.15, 0.2) is 5.65 Å². The number of rotatable bonds is 6. The molecule has 2 aromatic heterocycles. The lowest BCUT2D eigenvalue weighted by Crippen LogP contribution is -2.47. The van der Waals surface area contributed by atoms with Gasteiger partial charge >= 0.3 is 0 Å². The zero-order chi connectivity index (χ0) is 22.1. The predicted molar refractivity (Wildman–Crippen MR) is 120 cm³/mol. The van der Waals surface area contributed by atoms with Gasteiger partial charge in [0, 0.05) is 55.9 Å². The average molecular weight is 441 g/mol. The predicted octanol–water partition coefficient (Wildman–Crippen LogP) is 1.85. The zero-order valence-corrected chi connectivity index (χ0v) is 18.7. The third-order valence-electron chi connectivity index (χ3n) is 6.79. The average Bonchev–Trinajstić information content (AvgIpc) is 3.62. The molecule has 3 fully saturated rings. The van der Waals surface area contributed by atoms with Crippen LogP contribution >= 0.6 is 0 Å². The number of hydrogen-bond donors (Lipinski definition) is 2. The molecule has 1 aliphatic carbocycles. The summed E-state index contributed by atoms with van der Waals surface area (Å²) in [6, 6.07) is 2.29. The fourth-order valence-electron chi connectivity index (χ4n) is 4.64. The van der Waals surface area contributed by atoms with Crippen LogP contribution in [-0.4, -0.2) is 70.0 Å². The molecule has 5 rings (SSSR count). The Morgan fingerprint density at radius 2 is 1.84 bits per heavy atom. The molecule has 9 nitrogen and oxygen atoms in total. The minimum Gasteiger partial charge on any atom is -0.381 e. The van der Waals surface area contributed by atoms with E-state index >= 15 is 0 Å². The first-order valence-electron chi connectivity index (χ1n) is 11.9. The van der Waals surface area contributed by atoms with Gasteiger partial charge in [-0.2, -0.15) is 9.89 Å². The third kappa shape index (κ3) is 4.44. The third-order valence-corrected chi connectivity index (χ3v) is 6.79. The Morgan fingerprint density at radius 3 is 2.53 bits per heavy atom. The Balaban J connectivity index is 1.25. The standard InChI is InChI=1S/C23H32N6O3/c1-2-20-19-13-16(14-24-21(19)29(27-20)26-18-7-11-32-12-8-18)22(30)25-17-5-9-28(10-6-17)23(31)15-3-4-15/h13-15,17-18,26H,2-12H2,1H3,(H,25,30). The second-order valence-corrected chi connectivity index (χ2v) is 9.17. The van der Waals surface area contributed by atoms with Crippen LogP contribution in [0.5, 0.6) is 0 Å². The number of aromatic nitrogens is 3. The van der Waals surface area contributed by atoms with Gasteiger partial charge in [-0.3, -0.25) is 9.59 Å². The van der Waals surface area contributed by atoms with Gasteiger partial charge in [0.25, 0.3) is 5.91 Å². The van der Waals surface area contributed by atoms with Crippen LogP contribution in [0.2, 0.25) is 0 Å². The van der Waals surface area contributed by atoms with Crippen molar-refractivity contribution in [3.8, 4) is 0 Å². The molecule has 2 aromatic rings. The van der Waals surface area contributed by atoms with Crippen molar-refractivity contribution in [3.05, 3.63) is 23.5 Å². The number of aryl methyl sites for hydroxylation is 1. The van der Waals surface area contributed by atoms with E-state index in [-0.39, 0.29) is 17.9 Å². The number of nitrogens with zero attached hydrogens (tertiary/aromatic N) is 4. The summed E-state index contributed by atoms with van der Waals surface area (Å²) in [5.74, 6) is 0.440. The van der Waals surface area contributed by atoms with E-state index in [4.69, 9.17) is 9.84 Å². The van der Waals surface area contributed by atoms with Crippen molar-refractivity contribution in [1.82, 2.24) is 25.1 Å². The largest absolute Gasteiger partial charge is 0.381 e. The zero-order valence-electron chi connectivity index (χ0n) is 18.7. The highest BCUT2D eigenvalue weighted by Gasteiger charge is 2.35. The van der Waals surface area contributed by atoms with Crippen LogP contribution in [0.1, 0.15) is 61.5 Å². The number of amides is 2. The summed E-state index contributed by atoms with van der Waals surface area (Å²) >= 11 is 0. The molecule has 0 radical (unpaired) electrons. The molecule has 32 heavy (non-hydrogen) atoms. The van der Waals surface area contributed by atoms with Gasteiger partial charge in [0.1, 0.15) is 0 Å². The van der Waals surface area contributed by atoms with Crippen LogP contribution in [0.4, 0.5) is 0 Å². The number of likely N-dealkylation sites (tertiary alicyclic amines) is 1. The maximum Gasteiger partial charge on any atom is 0.253 e. The number of fused-ring (bicyclic) bond motifs is 1. The maximum atomic E-state index is 12.9. The molecule has 4 heterocycles. The van der Waals surface area contributed by atoms with Crippen LogP contribution < -0.4 is 10.7 Å². The number of hydrogen-bond acceptors (Lipinski definition) is 6. The van der Waals surface area contributed by atoms with Gasteiger partial charge in [-0.05, 0) is 51.0 Å². The summed E-state index contributed by atoms with van der Waals surface area (Å²) in [5, 5.41) is 8.74. The minimum atomic E-state index is -0.112. The van der Waals surface area contributed by atoms with Gasteiger partial charge in [-0.25, -0.2) is 4.98 Å². The van der Waals surface area contributed by atoms with E-state index in [9.17, 15) is 9.59 Å². The monoisotopic (exact) mass is 440 g/mol. The van der Waals surface area contributed by atoms with Gasteiger partial charge in [-0.15, -0.1) is 0 Å². The van der Waals surface area contributed by atoms with Crippen molar-refractivity contribution in [1.29, 1.82) is 0 Å². The summed E-state index contributed by atoms with van der Waals surface area (Å²) in [6.07, 6.45) is 7.94. The highest BCUT2D eigenvalue weighted by molar-refractivity contribution is 5.97. The summed E-state index contributed by atoms with van der Waals surface area (Å²) < 4.78 is 5.44. The minimum absolute atomic E-state index is 0.0880. The van der Waals surface area contributed by atoms with Gasteiger partial charge < -0.3 is 20.4 Å². The SMILES string of the molecule is CCc1nn(NC2CCOCC2)c2ncc(C(=O)NC3CCN(C(=O)C4CC4)CC3)cc12. The van der Waals surface area contributed by atoms with Gasteiger partial charge in [0.05, 0.1) is 11.3 Å². The van der Waals surface area contributed by atoms with Crippen molar-refractivity contribution in [3.63, 3.8) is 0 Å². The number of ether oxygens (including phenoxy) is 1. The van der Waals surface area contributed by atoms with Crippen LogP contribution in [0, 0.1) is 5.92 Å². The van der Waals surface area contributed by atoms with Gasteiger partial charge in [-0.1, -0.05) is 6.92 Å². The summed E-state index contributed by atoms with van der Waals surface area (Å²) in [7, 11) is 0. The lowest BCUT2D eigenvalue weighted by atomic mass is 10.0. The number of nitrogens with one attached hydrogen (secondary N) is 2. The Bertz CT molecular complexity index is 987. The number of piperidine rings is 1. The number of carbonyl (C=O) groups excluding carboxylic acids is 2. The normalized spacial score (nSPS) is 20.5. The number of pyridine rings is 1. The van der Waals surface area contributed by atoms with Crippen LogP contribution in [0.15, 0.2) is 12.3 Å². The molecule has 0 atom stereocenters. The molecular formula is C23H32N6O3. The molecule has 9 heteroatoms. The fraction of sp³-hybridized carbons (Fsp3) is 0.652. The highest BCUT2D eigenvalue weighted by atomic mass is 16.5. The quantitative estimate of drug-likeness (QED) is 0.711. The van der Waals surface area contributed by atoms with E-state index in [1.54, 1.807) is 11.0 Å². The molecule has 0 unspecified atom stereocenters. The molecule has 2 saturated heterocycles. The molecule has 1 saturated carbocycles. The smallest absolute Gasteiger partial charge is 0.253 e. The summed E-state index contributed by atoms with van der Waals surface area (Å²) in [4.78, 5) is 33.5. The van der Waals surface area contributed by atoms with Crippen molar-refractivity contribution in [2.75, 3.05) is 31.7 Å². The molecule has 172 valence electrons. The highest BCUT2D eigenvalue weighted by Crippen LogP contribution is 2.32. The second-order valence-electron chi connectivity index (χ2n) is 9.17. The maximum absolute atomic E-state index is 12.9. The van der Waals surface area contributed by atoms with Crippen LogP contribution in [-0.2, 0) is 16.0 Å². The Morgan fingerprint density at radius 1 is 1.09 bits per heavy atom. The molecule has 0 spiro atoms. The van der Waals surface area contributed by atoms with Crippen molar-refractivity contribution >= 4 is 22.8 Å². The first-order valence-corrected chi connectivity index (χ1v) is 11.9. The Hall–Kier alpha value is -2.68. The first kappa shape index (κ1) is 21.2. The first-order chi connectivity index (χ1) is 15.6. The molecule has 0 aromatic carbocycles. The molecule has 0 bridgehead atoms. The van der Waals surface area contributed by atoms with E-state index in [1.165, 1.54) is 0 Å². The van der Waals surface area contributed by atoms with Crippen molar-refractivity contribution in [2.45, 2.75) is 64.0 Å². The summed E-state index contributed by atoms with van der Waals surface area (Å²) in [5.41, 5.74) is 5.67. The van der Waals surface area contributed by atoms with E-state index in [2.05, 4.69) is 22.7 Å². The van der Waals surface area contributed by atoms with Crippen molar-refractivity contribution < 1.29 is 14.3 Å². The van der Waals surface area contributed by atoms with E-state index in [1.807, 2.05) is 11.0 Å². The van der Waals surface area contributed by atoms with Crippen molar-refractivity contribution in [2.24, 2.45) is 5.92 Å². The fourth-order valence-corrected chi connectivity index (χ4v) is 4.64. The van der Waals surface area contributed by atoms with E-state index in [0.717, 1.165) is 88.0 Å². The lowest BCUT2D eigenvalue weighted by molar-refractivity contribution is -0.133. The van der Waals surface area contributed by atoms with Crippen LogP contribution in [0.25, 0.3) is 11.0 Å². The molecule has 2 N–H and O–H groups in total.